The van der Waals surface area contributed by atoms with Crippen LogP contribution in [0.4, 0.5) is 5.69 Å². The van der Waals surface area contributed by atoms with Crippen molar-refractivity contribution in [1.29, 1.82) is 0 Å². The Hall–Kier alpha value is -4.86. The van der Waals surface area contributed by atoms with E-state index in [1.54, 1.807) is 60.7 Å². The zero-order valence-electron chi connectivity index (χ0n) is 19.9. The molecule has 36 heavy (non-hydrogen) atoms. The van der Waals surface area contributed by atoms with E-state index in [1.807, 2.05) is 6.92 Å². The van der Waals surface area contributed by atoms with E-state index in [0.717, 1.165) is 0 Å². The van der Waals surface area contributed by atoms with E-state index >= 15 is 0 Å². The first-order chi connectivity index (χ1) is 17.4. The van der Waals surface area contributed by atoms with Crippen molar-refractivity contribution >= 4 is 29.7 Å². The highest BCUT2D eigenvalue weighted by atomic mass is 16.6. The molecular weight excluding hydrogens is 466 g/mol. The minimum atomic E-state index is -0.949. The first kappa shape index (κ1) is 25.8. The largest absolute Gasteiger partial charge is 0.497 e. The number of anilines is 1. The summed E-state index contributed by atoms with van der Waals surface area (Å²) in [5, 5.41) is 6.24. The van der Waals surface area contributed by atoms with E-state index in [9.17, 15) is 14.4 Å². The number of benzene rings is 3. The van der Waals surface area contributed by atoms with E-state index in [4.69, 9.17) is 18.9 Å². The SMILES string of the molecule is CCOc1ccc(C(=O)Oc2ccc(/C=N/NC(=O)C(=O)Nc3ccc(OC)cc3)cc2OC)cc1. The fraction of sp³-hybridized carbons (Fsp3) is 0.154. The van der Waals surface area contributed by atoms with Gasteiger partial charge in [0.2, 0.25) is 0 Å². The molecule has 0 heterocycles. The van der Waals surface area contributed by atoms with Gasteiger partial charge in [0.1, 0.15) is 11.5 Å². The fourth-order valence-electron chi connectivity index (χ4n) is 2.94. The molecule has 0 aromatic heterocycles. The Kier molecular flexibility index (Phi) is 8.99. The molecule has 0 bridgehead atoms. The number of amides is 2. The molecule has 10 nitrogen and oxygen atoms in total. The van der Waals surface area contributed by atoms with E-state index in [-0.39, 0.29) is 11.5 Å². The number of esters is 1. The molecule has 2 amide bonds. The van der Waals surface area contributed by atoms with Crippen molar-refractivity contribution in [2.45, 2.75) is 6.92 Å². The van der Waals surface area contributed by atoms with Crippen molar-refractivity contribution in [2.75, 3.05) is 26.1 Å². The molecule has 0 atom stereocenters. The lowest BCUT2D eigenvalue weighted by molar-refractivity contribution is -0.136. The highest BCUT2D eigenvalue weighted by Gasteiger charge is 2.14. The number of hydrogen-bond donors (Lipinski definition) is 2. The Morgan fingerprint density at radius 1 is 0.833 bits per heavy atom. The summed E-state index contributed by atoms with van der Waals surface area (Å²) in [5.41, 5.74) is 3.46. The van der Waals surface area contributed by atoms with Gasteiger partial charge in [-0.25, -0.2) is 10.2 Å². The highest BCUT2D eigenvalue weighted by molar-refractivity contribution is 6.39. The van der Waals surface area contributed by atoms with Crippen LogP contribution in [0.1, 0.15) is 22.8 Å². The molecular formula is C26H25N3O7. The molecule has 0 aliphatic heterocycles. The Morgan fingerprint density at radius 3 is 2.17 bits per heavy atom. The van der Waals surface area contributed by atoms with E-state index in [1.165, 1.54) is 26.5 Å². The quantitative estimate of drug-likeness (QED) is 0.155. The monoisotopic (exact) mass is 491 g/mol. The fourth-order valence-corrected chi connectivity index (χ4v) is 2.94. The average molecular weight is 492 g/mol. The molecule has 10 heteroatoms. The molecule has 3 aromatic carbocycles. The smallest absolute Gasteiger partial charge is 0.343 e. The van der Waals surface area contributed by atoms with Crippen LogP contribution in [-0.2, 0) is 9.59 Å². The Bertz CT molecular complexity index is 1240. The number of hydrazone groups is 1. The minimum Gasteiger partial charge on any atom is -0.497 e. The van der Waals surface area contributed by atoms with Gasteiger partial charge < -0.3 is 24.3 Å². The van der Waals surface area contributed by atoms with Crippen molar-refractivity contribution in [3.8, 4) is 23.0 Å². The number of nitrogens with one attached hydrogen (secondary N) is 2. The van der Waals surface area contributed by atoms with Crippen LogP contribution in [0.3, 0.4) is 0 Å². The van der Waals surface area contributed by atoms with Crippen LogP contribution in [0.2, 0.25) is 0 Å². The number of hydrogen-bond acceptors (Lipinski definition) is 8. The van der Waals surface area contributed by atoms with Gasteiger partial charge in [0, 0.05) is 5.69 Å². The molecule has 0 aliphatic rings. The molecule has 3 aromatic rings. The second-order valence-corrected chi connectivity index (χ2v) is 7.14. The van der Waals surface area contributed by atoms with Crippen LogP contribution in [0.25, 0.3) is 0 Å². The summed E-state index contributed by atoms with van der Waals surface area (Å²) in [6.45, 7) is 2.40. The second kappa shape index (κ2) is 12.6. The van der Waals surface area contributed by atoms with Crippen LogP contribution >= 0.6 is 0 Å². The highest BCUT2D eigenvalue weighted by Crippen LogP contribution is 2.28. The molecule has 186 valence electrons. The van der Waals surface area contributed by atoms with Gasteiger partial charge in [0.25, 0.3) is 0 Å². The van der Waals surface area contributed by atoms with Crippen molar-refractivity contribution < 1.29 is 33.3 Å². The van der Waals surface area contributed by atoms with Crippen molar-refractivity contribution in [3.05, 3.63) is 77.9 Å². The Morgan fingerprint density at radius 2 is 1.53 bits per heavy atom. The lowest BCUT2D eigenvalue weighted by Crippen LogP contribution is -2.32. The lowest BCUT2D eigenvalue weighted by Gasteiger charge is -2.10. The van der Waals surface area contributed by atoms with Gasteiger partial charge >= 0.3 is 17.8 Å². The van der Waals surface area contributed by atoms with Gasteiger partial charge in [-0.2, -0.15) is 5.10 Å². The topological polar surface area (TPSA) is 125 Å². The summed E-state index contributed by atoms with van der Waals surface area (Å²) in [7, 11) is 2.95. The summed E-state index contributed by atoms with van der Waals surface area (Å²) in [4.78, 5) is 36.5. The van der Waals surface area contributed by atoms with Crippen LogP contribution in [0.15, 0.2) is 71.8 Å². The predicted molar refractivity (Wildman–Crippen MR) is 133 cm³/mol. The van der Waals surface area contributed by atoms with Gasteiger partial charge in [0.15, 0.2) is 11.5 Å². The number of rotatable bonds is 9. The second-order valence-electron chi connectivity index (χ2n) is 7.14. The third-order valence-corrected chi connectivity index (χ3v) is 4.73. The number of carbonyl (C=O) groups is 3. The van der Waals surface area contributed by atoms with Gasteiger partial charge in [-0.15, -0.1) is 0 Å². The van der Waals surface area contributed by atoms with Crippen LogP contribution < -0.4 is 29.7 Å². The first-order valence-corrected chi connectivity index (χ1v) is 10.8. The normalized spacial score (nSPS) is 10.4. The third-order valence-electron chi connectivity index (χ3n) is 4.73. The van der Waals surface area contributed by atoms with Crippen molar-refractivity contribution in [2.24, 2.45) is 5.10 Å². The molecule has 0 saturated carbocycles. The number of ether oxygens (including phenoxy) is 4. The van der Waals surface area contributed by atoms with Crippen molar-refractivity contribution in [3.63, 3.8) is 0 Å². The molecule has 2 N–H and O–H groups in total. The minimum absolute atomic E-state index is 0.205. The zero-order chi connectivity index (χ0) is 25.9. The molecule has 3 rings (SSSR count). The summed E-state index contributed by atoms with van der Waals surface area (Å²) >= 11 is 0. The molecule has 0 aliphatic carbocycles. The Labute approximate surface area is 207 Å². The molecule has 0 spiro atoms. The third kappa shape index (κ3) is 7.07. The Balaban J connectivity index is 1.57. The molecule has 0 saturated heterocycles. The zero-order valence-corrected chi connectivity index (χ0v) is 19.9. The summed E-state index contributed by atoms with van der Waals surface area (Å²) in [5.74, 6) is -0.637. The maximum Gasteiger partial charge on any atom is 0.343 e. The lowest BCUT2D eigenvalue weighted by atomic mass is 10.2. The maximum absolute atomic E-state index is 12.5. The first-order valence-electron chi connectivity index (χ1n) is 10.8. The summed E-state index contributed by atoms with van der Waals surface area (Å²) < 4.78 is 21.2. The standard InChI is InChI=1S/C26H25N3O7/c1-4-35-21-10-6-18(7-11-21)26(32)36-22-14-5-17(15-23(22)34-3)16-27-29-25(31)24(30)28-19-8-12-20(33-2)13-9-19/h5-16H,4H2,1-3H3,(H,28,30)(H,29,31)/b27-16+. The number of nitrogens with zero attached hydrogens (tertiary/aromatic N) is 1. The van der Waals surface area contributed by atoms with E-state index in [0.29, 0.717) is 34.9 Å². The van der Waals surface area contributed by atoms with E-state index in [2.05, 4.69) is 15.8 Å². The van der Waals surface area contributed by atoms with E-state index < -0.39 is 17.8 Å². The van der Waals surface area contributed by atoms with Crippen molar-refractivity contribution in [1.82, 2.24) is 5.43 Å². The van der Waals surface area contributed by atoms with Crippen LogP contribution in [-0.4, -0.2) is 44.8 Å². The molecule has 0 fully saturated rings. The van der Waals surface area contributed by atoms with Gasteiger partial charge in [0.05, 0.1) is 32.6 Å². The summed E-state index contributed by atoms with van der Waals surface area (Å²) in [6.07, 6.45) is 1.32. The van der Waals surface area contributed by atoms with Gasteiger partial charge in [-0.05, 0) is 79.2 Å². The van der Waals surface area contributed by atoms with Crippen LogP contribution in [0.5, 0.6) is 23.0 Å². The summed E-state index contributed by atoms with van der Waals surface area (Å²) in [6, 6.07) is 17.8. The predicted octanol–water partition coefficient (Wildman–Crippen LogP) is 3.41. The average Bonchev–Trinajstić information content (AvgIpc) is 2.90. The number of methoxy groups -OCH3 is 2. The molecule has 0 unspecified atom stereocenters. The van der Waals surface area contributed by atoms with Crippen LogP contribution in [0, 0.1) is 0 Å². The van der Waals surface area contributed by atoms with Gasteiger partial charge in [-0.3, -0.25) is 9.59 Å². The maximum atomic E-state index is 12.5. The number of carbonyl (C=O) groups excluding carboxylic acids is 3. The van der Waals surface area contributed by atoms with Gasteiger partial charge in [-0.1, -0.05) is 0 Å². The molecule has 0 radical (unpaired) electrons.